The summed E-state index contributed by atoms with van der Waals surface area (Å²) in [5, 5.41) is 10.9. The molecule has 1 N–H and O–H groups in total. The summed E-state index contributed by atoms with van der Waals surface area (Å²) in [5.41, 5.74) is 4.85. The molecule has 1 nitrogen and oxygen atoms in total. The molecule has 0 spiro atoms. The number of thioether (sulfide) groups is 1. The molecule has 96 valence electrons. The van der Waals surface area contributed by atoms with Crippen molar-refractivity contribution in [1.82, 2.24) is 0 Å². The van der Waals surface area contributed by atoms with Crippen LogP contribution in [0.5, 0.6) is 0 Å². The van der Waals surface area contributed by atoms with Crippen LogP contribution in [0.2, 0.25) is 0 Å². The summed E-state index contributed by atoms with van der Waals surface area (Å²) in [4.78, 5) is 0. The second kappa shape index (κ2) is 6.46. The van der Waals surface area contributed by atoms with Crippen LogP contribution < -0.4 is 0 Å². The Bertz CT molecular complexity index is 373. The van der Waals surface area contributed by atoms with Crippen molar-refractivity contribution in [2.24, 2.45) is 0 Å². The van der Waals surface area contributed by atoms with E-state index in [0.717, 1.165) is 17.7 Å². The van der Waals surface area contributed by atoms with E-state index in [1.54, 1.807) is 0 Å². The standard InChI is InChI=1S/C15H24OS/c1-6-13(5)17-9-15(16)14-8-11(3)10(2)7-12(14)4/h7-8,13,15-16H,6,9H2,1-5H3. The Labute approximate surface area is 110 Å². The number of aliphatic hydroxyl groups excluding tert-OH is 1. The van der Waals surface area contributed by atoms with Gasteiger partial charge in [0.15, 0.2) is 0 Å². The first kappa shape index (κ1) is 14.6. The van der Waals surface area contributed by atoms with Gasteiger partial charge < -0.3 is 5.11 Å². The summed E-state index contributed by atoms with van der Waals surface area (Å²) in [6, 6.07) is 4.30. The summed E-state index contributed by atoms with van der Waals surface area (Å²) >= 11 is 1.85. The molecule has 1 aromatic carbocycles. The molecule has 1 rings (SSSR count). The second-order valence-corrected chi connectivity index (χ2v) is 6.33. The van der Waals surface area contributed by atoms with Crippen LogP contribution in [0.25, 0.3) is 0 Å². The largest absolute Gasteiger partial charge is 0.388 e. The van der Waals surface area contributed by atoms with E-state index in [1.165, 1.54) is 16.7 Å². The maximum absolute atomic E-state index is 10.2. The smallest absolute Gasteiger partial charge is 0.0883 e. The summed E-state index contributed by atoms with van der Waals surface area (Å²) in [5.74, 6) is 0.790. The van der Waals surface area contributed by atoms with Crippen LogP contribution in [0.4, 0.5) is 0 Å². The van der Waals surface area contributed by atoms with Crippen LogP contribution in [-0.2, 0) is 0 Å². The van der Waals surface area contributed by atoms with Gasteiger partial charge in [-0.25, -0.2) is 0 Å². The van der Waals surface area contributed by atoms with Crippen molar-refractivity contribution in [3.63, 3.8) is 0 Å². The molecule has 0 heterocycles. The van der Waals surface area contributed by atoms with Crippen molar-refractivity contribution in [2.45, 2.75) is 52.4 Å². The molecule has 2 unspecified atom stereocenters. The Morgan fingerprint density at radius 1 is 1.12 bits per heavy atom. The Kier molecular flexibility index (Phi) is 5.54. The van der Waals surface area contributed by atoms with Crippen LogP contribution in [0.1, 0.15) is 48.6 Å². The van der Waals surface area contributed by atoms with Crippen molar-refractivity contribution >= 4 is 11.8 Å². The van der Waals surface area contributed by atoms with Gasteiger partial charge in [0.1, 0.15) is 0 Å². The van der Waals surface area contributed by atoms with Crippen LogP contribution in [-0.4, -0.2) is 16.1 Å². The van der Waals surface area contributed by atoms with Gasteiger partial charge in [-0.1, -0.05) is 26.0 Å². The van der Waals surface area contributed by atoms with Crippen LogP contribution >= 0.6 is 11.8 Å². The zero-order valence-corrected chi connectivity index (χ0v) is 12.4. The van der Waals surface area contributed by atoms with Gasteiger partial charge in [-0.3, -0.25) is 0 Å². The van der Waals surface area contributed by atoms with E-state index in [0.29, 0.717) is 5.25 Å². The van der Waals surface area contributed by atoms with Gasteiger partial charge in [0.2, 0.25) is 0 Å². The van der Waals surface area contributed by atoms with Gasteiger partial charge in [0, 0.05) is 11.0 Å². The molecule has 0 radical (unpaired) electrons. The highest BCUT2D eigenvalue weighted by Gasteiger charge is 2.13. The molecule has 0 aliphatic carbocycles. The second-order valence-electron chi connectivity index (χ2n) is 4.86. The molecule has 0 saturated carbocycles. The van der Waals surface area contributed by atoms with Gasteiger partial charge in [-0.2, -0.15) is 11.8 Å². The Morgan fingerprint density at radius 3 is 2.29 bits per heavy atom. The fourth-order valence-corrected chi connectivity index (χ4v) is 2.73. The van der Waals surface area contributed by atoms with Gasteiger partial charge in [0.05, 0.1) is 6.10 Å². The van der Waals surface area contributed by atoms with Crippen molar-refractivity contribution < 1.29 is 5.11 Å². The van der Waals surface area contributed by atoms with Crippen molar-refractivity contribution in [1.29, 1.82) is 0 Å². The van der Waals surface area contributed by atoms with Gasteiger partial charge in [0.25, 0.3) is 0 Å². The highest BCUT2D eigenvalue weighted by Crippen LogP contribution is 2.26. The van der Waals surface area contributed by atoms with E-state index in [2.05, 4.69) is 46.8 Å². The number of aryl methyl sites for hydroxylation is 3. The zero-order chi connectivity index (χ0) is 13.0. The summed E-state index contributed by atoms with van der Waals surface area (Å²) in [7, 11) is 0. The van der Waals surface area contributed by atoms with Crippen LogP contribution in [0.15, 0.2) is 12.1 Å². The Balaban J connectivity index is 2.75. The third-order valence-corrected chi connectivity index (χ3v) is 4.77. The molecule has 0 fully saturated rings. The number of aliphatic hydroxyl groups is 1. The van der Waals surface area contributed by atoms with Gasteiger partial charge in [-0.15, -0.1) is 0 Å². The lowest BCUT2D eigenvalue weighted by Gasteiger charge is -2.17. The Morgan fingerprint density at radius 2 is 1.71 bits per heavy atom. The monoisotopic (exact) mass is 252 g/mol. The van der Waals surface area contributed by atoms with Crippen LogP contribution in [0.3, 0.4) is 0 Å². The molecule has 1 aromatic rings. The van der Waals surface area contributed by atoms with Crippen LogP contribution in [0, 0.1) is 20.8 Å². The molecule has 0 aliphatic rings. The lowest BCUT2D eigenvalue weighted by Crippen LogP contribution is -2.07. The first-order valence-corrected chi connectivity index (χ1v) is 7.38. The lowest BCUT2D eigenvalue weighted by molar-refractivity contribution is 0.203. The summed E-state index contributed by atoms with van der Waals surface area (Å²) in [6.45, 7) is 10.7. The number of benzene rings is 1. The predicted molar refractivity (Wildman–Crippen MR) is 77.8 cm³/mol. The highest BCUT2D eigenvalue weighted by atomic mass is 32.2. The van der Waals surface area contributed by atoms with E-state index < -0.39 is 0 Å². The highest BCUT2D eigenvalue weighted by molar-refractivity contribution is 7.99. The van der Waals surface area contributed by atoms with Crippen molar-refractivity contribution in [3.05, 3.63) is 34.4 Å². The zero-order valence-electron chi connectivity index (χ0n) is 11.6. The molecule has 0 aromatic heterocycles. The third-order valence-electron chi connectivity index (χ3n) is 3.35. The van der Waals surface area contributed by atoms with E-state index in [1.807, 2.05) is 11.8 Å². The fourth-order valence-electron chi connectivity index (χ4n) is 1.80. The number of hydrogen-bond donors (Lipinski definition) is 1. The van der Waals surface area contributed by atoms with E-state index in [9.17, 15) is 5.11 Å². The Hall–Kier alpha value is -0.470. The molecule has 0 saturated heterocycles. The third kappa shape index (κ3) is 4.04. The maximum atomic E-state index is 10.2. The SMILES string of the molecule is CCC(C)SCC(O)c1cc(C)c(C)cc1C. The lowest BCUT2D eigenvalue weighted by atomic mass is 9.98. The van der Waals surface area contributed by atoms with Gasteiger partial charge in [-0.05, 0) is 49.4 Å². The maximum Gasteiger partial charge on any atom is 0.0883 e. The molecular weight excluding hydrogens is 228 g/mol. The summed E-state index contributed by atoms with van der Waals surface area (Å²) < 4.78 is 0. The number of hydrogen-bond acceptors (Lipinski definition) is 2. The minimum atomic E-state index is -0.340. The first-order valence-electron chi connectivity index (χ1n) is 6.33. The predicted octanol–water partition coefficient (Wildman–Crippen LogP) is 4.18. The minimum Gasteiger partial charge on any atom is -0.388 e. The molecule has 0 amide bonds. The average Bonchev–Trinajstić information content (AvgIpc) is 2.30. The molecule has 0 bridgehead atoms. The molecule has 2 heteroatoms. The van der Waals surface area contributed by atoms with Gasteiger partial charge >= 0.3 is 0 Å². The average molecular weight is 252 g/mol. The van der Waals surface area contributed by atoms with E-state index in [4.69, 9.17) is 0 Å². The molecule has 0 aliphatic heterocycles. The quantitative estimate of drug-likeness (QED) is 0.848. The first-order chi connectivity index (χ1) is 7.95. The molecule has 17 heavy (non-hydrogen) atoms. The molecule has 2 atom stereocenters. The fraction of sp³-hybridized carbons (Fsp3) is 0.600. The number of rotatable bonds is 5. The normalized spacial score (nSPS) is 14.7. The molecular formula is C15H24OS. The van der Waals surface area contributed by atoms with E-state index in [-0.39, 0.29) is 6.10 Å². The minimum absolute atomic E-state index is 0.340. The summed E-state index contributed by atoms with van der Waals surface area (Å²) in [6.07, 6.45) is 0.817. The van der Waals surface area contributed by atoms with E-state index >= 15 is 0 Å². The topological polar surface area (TPSA) is 20.2 Å². The van der Waals surface area contributed by atoms with Crippen molar-refractivity contribution in [3.8, 4) is 0 Å². The van der Waals surface area contributed by atoms with Crippen molar-refractivity contribution in [2.75, 3.05) is 5.75 Å².